The van der Waals surface area contributed by atoms with Crippen molar-refractivity contribution in [2.75, 3.05) is 11.9 Å². The van der Waals surface area contributed by atoms with Gasteiger partial charge in [-0.05, 0) is 19.1 Å². The van der Waals surface area contributed by atoms with Gasteiger partial charge in [0.05, 0.1) is 17.9 Å². The molecule has 0 aromatic carbocycles. The topological polar surface area (TPSA) is 59.2 Å². The summed E-state index contributed by atoms with van der Waals surface area (Å²) in [6.45, 7) is 1.66. The third-order valence-electron chi connectivity index (χ3n) is 1.75. The first-order valence-electron chi connectivity index (χ1n) is 4.06. The lowest BCUT2D eigenvalue weighted by atomic mass is 10.3. The molecule has 1 atom stereocenters. The van der Waals surface area contributed by atoms with E-state index in [4.69, 9.17) is 5.73 Å². The Morgan fingerprint density at radius 2 is 2.38 bits per heavy atom. The minimum Gasteiger partial charge on any atom is -0.320 e. The van der Waals surface area contributed by atoms with E-state index < -0.39 is 6.04 Å². The molecule has 4 nitrogen and oxygen atoms in total. The number of aromatic nitrogens is 1. The Balaban J connectivity index is 2.80. The molecule has 0 saturated heterocycles. The van der Waals surface area contributed by atoms with Gasteiger partial charge >= 0.3 is 0 Å². The molecule has 1 amide bonds. The number of rotatable bonds is 2. The predicted octanol–water partition coefficient (Wildman–Crippen LogP) is 0.392. The molecule has 0 bridgehead atoms. The highest BCUT2D eigenvalue weighted by Gasteiger charge is 2.14. The van der Waals surface area contributed by atoms with Crippen LogP contribution in [0.3, 0.4) is 0 Å². The van der Waals surface area contributed by atoms with E-state index >= 15 is 0 Å². The summed E-state index contributed by atoms with van der Waals surface area (Å²) >= 11 is 0. The van der Waals surface area contributed by atoms with Crippen molar-refractivity contribution in [2.24, 2.45) is 5.73 Å². The fraction of sp³-hybridized carbons (Fsp3) is 0.333. The van der Waals surface area contributed by atoms with Crippen LogP contribution in [0.25, 0.3) is 0 Å². The van der Waals surface area contributed by atoms with E-state index in [1.807, 2.05) is 6.07 Å². The van der Waals surface area contributed by atoms with Gasteiger partial charge in [0.15, 0.2) is 0 Å². The Morgan fingerprint density at radius 3 is 2.85 bits per heavy atom. The van der Waals surface area contributed by atoms with Crippen LogP contribution in [0.2, 0.25) is 0 Å². The van der Waals surface area contributed by atoms with E-state index in [0.29, 0.717) is 0 Å². The number of anilines is 1. The zero-order chi connectivity index (χ0) is 9.84. The van der Waals surface area contributed by atoms with E-state index in [9.17, 15) is 4.79 Å². The molecule has 0 saturated carbocycles. The quantitative estimate of drug-likeness (QED) is 0.714. The normalized spacial score (nSPS) is 12.2. The molecule has 1 aromatic rings. The van der Waals surface area contributed by atoms with Gasteiger partial charge in [0, 0.05) is 13.2 Å². The highest BCUT2D eigenvalue weighted by molar-refractivity contribution is 5.96. The van der Waals surface area contributed by atoms with Gasteiger partial charge in [0.1, 0.15) is 0 Å². The summed E-state index contributed by atoms with van der Waals surface area (Å²) < 4.78 is 0. The maximum Gasteiger partial charge on any atom is 0.243 e. The smallest absolute Gasteiger partial charge is 0.243 e. The zero-order valence-electron chi connectivity index (χ0n) is 7.77. The Kier molecular flexibility index (Phi) is 2.97. The molecular weight excluding hydrogens is 166 g/mol. The molecule has 1 aromatic heterocycles. The first-order valence-corrected chi connectivity index (χ1v) is 4.06. The van der Waals surface area contributed by atoms with E-state index in [2.05, 4.69) is 4.98 Å². The van der Waals surface area contributed by atoms with Crippen molar-refractivity contribution in [2.45, 2.75) is 13.0 Å². The predicted molar refractivity (Wildman–Crippen MR) is 51.3 cm³/mol. The van der Waals surface area contributed by atoms with Crippen molar-refractivity contribution in [3.05, 3.63) is 24.5 Å². The lowest BCUT2D eigenvalue weighted by Gasteiger charge is -2.18. The van der Waals surface area contributed by atoms with E-state index in [1.54, 1.807) is 32.4 Å². The van der Waals surface area contributed by atoms with Crippen LogP contribution in [-0.2, 0) is 4.79 Å². The van der Waals surface area contributed by atoms with Crippen LogP contribution in [-0.4, -0.2) is 24.0 Å². The summed E-state index contributed by atoms with van der Waals surface area (Å²) in [5, 5.41) is 0. The first kappa shape index (κ1) is 9.67. The Labute approximate surface area is 77.4 Å². The molecule has 0 fully saturated rings. The fourth-order valence-corrected chi connectivity index (χ4v) is 0.985. The van der Waals surface area contributed by atoms with Crippen molar-refractivity contribution >= 4 is 11.6 Å². The number of likely N-dealkylation sites (N-methyl/N-ethyl adjacent to an activating group) is 1. The van der Waals surface area contributed by atoms with Crippen LogP contribution in [0.15, 0.2) is 24.5 Å². The van der Waals surface area contributed by atoms with Crippen molar-refractivity contribution in [1.82, 2.24) is 4.98 Å². The average Bonchev–Trinajstić information content (AvgIpc) is 2.17. The molecule has 0 aliphatic rings. The number of nitrogens with two attached hydrogens (primary N) is 1. The second kappa shape index (κ2) is 4.00. The molecule has 2 N–H and O–H groups in total. The largest absolute Gasteiger partial charge is 0.320 e. The number of carbonyl (C=O) groups excluding carboxylic acids is 1. The van der Waals surface area contributed by atoms with Gasteiger partial charge in [-0.3, -0.25) is 9.78 Å². The summed E-state index contributed by atoms with van der Waals surface area (Å²) in [5.74, 6) is -0.118. The maximum absolute atomic E-state index is 11.4. The van der Waals surface area contributed by atoms with Gasteiger partial charge in [-0.25, -0.2) is 0 Å². The van der Waals surface area contributed by atoms with Crippen molar-refractivity contribution in [3.63, 3.8) is 0 Å². The van der Waals surface area contributed by atoms with E-state index in [1.165, 1.54) is 4.90 Å². The van der Waals surface area contributed by atoms with Gasteiger partial charge in [-0.2, -0.15) is 0 Å². The van der Waals surface area contributed by atoms with Crippen LogP contribution >= 0.6 is 0 Å². The SMILES string of the molecule is CC(N)C(=O)N(C)c1cccnc1. The van der Waals surface area contributed by atoms with Crippen molar-refractivity contribution in [3.8, 4) is 0 Å². The summed E-state index contributed by atoms with van der Waals surface area (Å²) in [7, 11) is 1.68. The standard InChI is InChI=1S/C9H13N3O/c1-7(10)9(13)12(2)8-4-3-5-11-6-8/h3-7H,10H2,1-2H3. The van der Waals surface area contributed by atoms with Crippen LogP contribution in [0.5, 0.6) is 0 Å². The van der Waals surface area contributed by atoms with E-state index in [-0.39, 0.29) is 5.91 Å². The monoisotopic (exact) mass is 179 g/mol. The molecule has 1 rings (SSSR count). The summed E-state index contributed by atoms with van der Waals surface area (Å²) in [6, 6.07) is 3.11. The summed E-state index contributed by atoms with van der Waals surface area (Å²) in [5.41, 5.74) is 6.22. The molecule has 1 unspecified atom stereocenters. The van der Waals surface area contributed by atoms with Gasteiger partial charge in [-0.1, -0.05) is 0 Å². The lowest BCUT2D eigenvalue weighted by molar-refractivity contribution is -0.119. The molecule has 0 aliphatic carbocycles. The third-order valence-corrected chi connectivity index (χ3v) is 1.75. The van der Waals surface area contributed by atoms with Gasteiger partial charge < -0.3 is 10.6 Å². The molecule has 13 heavy (non-hydrogen) atoms. The Morgan fingerprint density at radius 1 is 1.69 bits per heavy atom. The van der Waals surface area contributed by atoms with Gasteiger partial charge in [0.2, 0.25) is 5.91 Å². The lowest BCUT2D eigenvalue weighted by Crippen LogP contribution is -2.39. The third kappa shape index (κ3) is 2.26. The highest BCUT2D eigenvalue weighted by Crippen LogP contribution is 2.09. The molecular formula is C9H13N3O. The number of hydrogen-bond acceptors (Lipinski definition) is 3. The summed E-state index contributed by atoms with van der Waals surface area (Å²) in [6.07, 6.45) is 3.29. The molecule has 4 heteroatoms. The fourth-order valence-electron chi connectivity index (χ4n) is 0.985. The average molecular weight is 179 g/mol. The highest BCUT2D eigenvalue weighted by atomic mass is 16.2. The van der Waals surface area contributed by atoms with Gasteiger partial charge in [-0.15, -0.1) is 0 Å². The molecule has 70 valence electrons. The second-order valence-corrected chi connectivity index (χ2v) is 2.90. The number of pyridine rings is 1. The number of amides is 1. The Hall–Kier alpha value is -1.42. The minimum absolute atomic E-state index is 0.118. The van der Waals surface area contributed by atoms with Crippen LogP contribution in [0.1, 0.15) is 6.92 Å². The van der Waals surface area contributed by atoms with Crippen molar-refractivity contribution in [1.29, 1.82) is 0 Å². The molecule has 0 radical (unpaired) electrons. The first-order chi connectivity index (χ1) is 6.13. The van der Waals surface area contributed by atoms with E-state index in [0.717, 1.165) is 5.69 Å². The minimum atomic E-state index is -0.481. The second-order valence-electron chi connectivity index (χ2n) is 2.90. The molecule has 1 heterocycles. The maximum atomic E-state index is 11.4. The van der Waals surface area contributed by atoms with Crippen LogP contribution in [0.4, 0.5) is 5.69 Å². The zero-order valence-corrected chi connectivity index (χ0v) is 7.77. The Bertz CT molecular complexity index is 284. The number of hydrogen-bond donors (Lipinski definition) is 1. The number of carbonyl (C=O) groups is 1. The molecule has 0 aliphatic heterocycles. The number of nitrogens with zero attached hydrogens (tertiary/aromatic N) is 2. The van der Waals surface area contributed by atoms with Gasteiger partial charge in [0.25, 0.3) is 0 Å². The van der Waals surface area contributed by atoms with Crippen LogP contribution < -0.4 is 10.6 Å². The summed E-state index contributed by atoms with van der Waals surface area (Å²) in [4.78, 5) is 16.8. The van der Waals surface area contributed by atoms with Crippen molar-refractivity contribution < 1.29 is 4.79 Å². The molecule has 0 spiro atoms. The van der Waals surface area contributed by atoms with Crippen LogP contribution in [0, 0.1) is 0 Å².